The topological polar surface area (TPSA) is 62.5 Å². The normalized spacial score (nSPS) is 14.4. The Hall–Kier alpha value is -3.36. The molecule has 6 nitrogen and oxygen atoms in total. The van der Waals surface area contributed by atoms with Crippen molar-refractivity contribution in [2.75, 3.05) is 26.2 Å². The zero-order valence-electron chi connectivity index (χ0n) is 18.7. The van der Waals surface area contributed by atoms with Gasteiger partial charge in [-0.3, -0.25) is 9.69 Å². The number of piperazine rings is 1. The molecular formula is C26H25FN4O2S. The van der Waals surface area contributed by atoms with Crippen LogP contribution in [0, 0.1) is 5.82 Å². The first-order valence-corrected chi connectivity index (χ1v) is 12.2. The van der Waals surface area contributed by atoms with E-state index in [2.05, 4.69) is 27.2 Å². The van der Waals surface area contributed by atoms with Crippen LogP contribution < -0.4 is 0 Å². The summed E-state index contributed by atoms with van der Waals surface area (Å²) in [7, 11) is 0. The maximum Gasteiger partial charge on any atom is 0.247 e. The standard InChI is InChI=1S/C26H25FN4O2S/c27-21-8-4-7-20(17-21)23-10-9-22(34-23)18-30-13-15-31(16-14-30)25(32)12-11-24-28-29-26(33-24)19-5-2-1-3-6-19/h1-10,17H,11-16,18H2. The van der Waals surface area contributed by atoms with Crippen LogP contribution in [0.25, 0.3) is 21.9 Å². The van der Waals surface area contributed by atoms with Gasteiger partial charge in [-0.2, -0.15) is 0 Å². The van der Waals surface area contributed by atoms with Crippen molar-refractivity contribution in [1.82, 2.24) is 20.0 Å². The van der Waals surface area contributed by atoms with Crippen molar-refractivity contribution in [3.8, 4) is 21.9 Å². The smallest absolute Gasteiger partial charge is 0.247 e. The molecule has 5 rings (SSSR count). The van der Waals surface area contributed by atoms with Gasteiger partial charge in [0.15, 0.2) is 0 Å². The molecule has 3 heterocycles. The fourth-order valence-electron chi connectivity index (χ4n) is 4.06. The maximum atomic E-state index is 13.5. The third kappa shape index (κ3) is 5.40. The average molecular weight is 477 g/mol. The Kier molecular flexibility index (Phi) is 6.78. The van der Waals surface area contributed by atoms with E-state index in [0.717, 1.165) is 35.6 Å². The van der Waals surface area contributed by atoms with Gasteiger partial charge in [0.2, 0.25) is 17.7 Å². The zero-order valence-corrected chi connectivity index (χ0v) is 19.5. The molecule has 1 amide bonds. The summed E-state index contributed by atoms with van der Waals surface area (Å²) in [6.07, 6.45) is 0.801. The van der Waals surface area contributed by atoms with Crippen LogP contribution in [0.1, 0.15) is 17.2 Å². The van der Waals surface area contributed by atoms with Gasteiger partial charge in [0.05, 0.1) is 0 Å². The van der Waals surface area contributed by atoms with Gasteiger partial charge in [-0.25, -0.2) is 4.39 Å². The second-order valence-electron chi connectivity index (χ2n) is 8.30. The molecule has 0 bridgehead atoms. The molecule has 4 aromatic rings. The van der Waals surface area contributed by atoms with Gasteiger partial charge in [-0.15, -0.1) is 21.5 Å². The predicted octanol–water partition coefficient (Wildman–Crippen LogP) is 4.88. The molecule has 0 spiro atoms. The molecule has 1 saturated heterocycles. The SMILES string of the molecule is O=C(CCc1nnc(-c2ccccc2)o1)N1CCN(Cc2ccc(-c3cccc(F)c3)s2)CC1. The molecule has 0 aliphatic carbocycles. The van der Waals surface area contributed by atoms with Crippen LogP contribution in [0.3, 0.4) is 0 Å². The first kappa shape index (κ1) is 22.4. The van der Waals surface area contributed by atoms with Crippen LogP contribution in [0.2, 0.25) is 0 Å². The Labute approximate surface area is 201 Å². The molecule has 174 valence electrons. The van der Waals surface area contributed by atoms with E-state index < -0.39 is 0 Å². The number of benzene rings is 2. The summed E-state index contributed by atoms with van der Waals surface area (Å²) in [5.74, 6) is 0.857. The Bertz CT molecular complexity index is 1250. The molecule has 1 fully saturated rings. The van der Waals surface area contributed by atoms with Crippen molar-refractivity contribution in [2.45, 2.75) is 19.4 Å². The Balaban J connectivity index is 1.08. The number of hydrogen-bond acceptors (Lipinski definition) is 6. The average Bonchev–Trinajstić information content (AvgIpc) is 3.54. The van der Waals surface area contributed by atoms with Crippen LogP contribution in [0.5, 0.6) is 0 Å². The summed E-state index contributed by atoms with van der Waals surface area (Å²) in [4.78, 5) is 19.3. The number of amides is 1. The van der Waals surface area contributed by atoms with E-state index in [4.69, 9.17) is 4.42 Å². The molecule has 1 aliphatic rings. The Morgan fingerprint density at radius 2 is 1.74 bits per heavy atom. The second kappa shape index (κ2) is 10.3. The fraction of sp³-hybridized carbons (Fsp3) is 0.269. The summed E-state index contributed by atoms with van der Waals surface area (Å²) in [5, 5.41) is 8.17. The predicted molar refractivity (Wildman–Crippen MR) is 130 cm³/mol. The van der Waals surface area contributed by atoms with E-state index in [-0.39, 0.29) is 11.7 Å². The van der Waals surface area contributed by atoms with Crippen molar-refractivity contribution in [3.63, 3.8) is 0 Å². The Morgan fingerprint density at radius 3 is 2.53 bits per heavy atom. The maximum absolute atomic E-state index is 13.5. The molecule has 0 atom stereocenters. The minimum Gasteiger partial charge on any atom is -0.421 e. The van der Waals surface area contributed by atoms with E-state index in [1.54, 1.807) is 23.5 Å². The van der Waals surface area contributed by atoms with Gasteiger partial charge < -0.3 is 9.32 Å². The van der Waals surface area contributed by atoms with Gasteiger partial charge in [0.25, 0.3) is 0 Å². The number of aryl methyl sites for hydroxylation is 1. The number of aromatic nitrogens is 2. The first-order chi connectivity index (χ1) is 16.6. The summed E-state index contributed by atoms with van der Waals surface area (Å²) in [6, 6.07) is 20.5. The Morgan fingerprint density at radius 1 is 0.941 bits per heavy atom. The molecule has 0 radical (unpaired) electrons. The minimum absolute atomic E-state index is 0.114. The summed E-state index contributed by atoms with van der Waals surface area (Å²) < 4.78 is 19.2. The fourth-order valence-corrected chi connectivity index (χ4v) is 5.11. The molecule has 2 aromatic carbocycles. The number of carbonyl (C=O) groups is 1. The van der Waals surface area contributed by atoms with Crippen molar-refractivity contribution in [3.05, 3.63) is 83.3 Å². The van der Waals surface area contributed by atoms with Crippen LogP contribution in [-0.4, -0.2) is 52.1 Å². The molecule has 0 N–H and O–H groups in total. The van der Waals surface area contributed by atoms with Crippen LogP contribution in [0.4, 0.5) is 4.39 Å². The zero-order chi connectivity index (χ0) is 23.3. The summed E-state index contributed by atoms with van der Waals surface area (Å²) >= 11 is 1.69. The van der Waals surface area contributed by atoms with E-state index >= 15 is 0 Å². The first-order valence-electron chi connectivity index (χ1n) is 11.4. The van der Waals surface area contributed by atoms with E-state index in [1.165, 1.54) is 10.9 Å². The third-order valence-electron chi connectivity index (χ3n) is 5.92. The largest absolute Gasteiger partial charge is 0.421 e. The lowest BCUT2D eigenvalue weighted by molar-refractivity contribution is -0.133. The lowest BCUT2D eigenvalue weighted by atomic mass is 10.2. The highest BCUT2D eigenvalue weighted by Crippen LogP contribution is 2.29. The number of nitrogens with zero attached hydrogens (tertiary/aromatic N) is 4. The molecule has 2 aromatic heterocycles. The minimum atomic E-state index is -0.219. The molecule has 1 aliphatic heterocycles. The van der Waals surface area contributed by atoms with Gasteiger partial charge in [0.1, 0.15) is 5.82 Å². The van der Waals surface area contributed by atoms with Crippen LogP contribution in [-0.2, 0) is 17.8 Å². The molecular weight excluding hydrogens is 451 g/mol. The number of carbonyl (C=O) groups excluding carboxylic acids is 1. The lowest BCUT2D eigenvalue weighted by Gasteiger charge is -2.34. The molecule has 0 saturated carbocycles. The van der Waals surface area contributed by atoms with Crippen LogP contribution in [0.15, 0.2) is 71.1 Å². The molecule has 34 heavy (non-hydrogen) atoms. The quantitative estimate of drug-likeness (QED) is 0.380. The highest BCUT2D eigenvalue weighted by atomic mass is 32.1. The third-order valence-corrected chi connectivity index (χ3v) is 7.03. The number of rotatable bonds is 7. The van der Waals surface area contributed by atoms with Crippen molar-refractivity contribution in [1.29, 1.82) is 0 Å². The van der Waals surface area contributed by atoms with Gasteiger partial charge in [0, 0.05) is 60.9 Å². The second-order valence-corrected chi connectivity index (χ2v) is 9.47. The summed E-state index contributed by atoms with van der Waals surface area (Å²) in [5.41, 5.74) is 1.78. The van der Waals surface area contributed by atoms with Crippen molar-refractivity contribution in [2.24, 2.45) is 0 Å². The van der Waals surface area contributed by atoms with Crippen molar-refractivity contribution < 1.29 is 13.6 Å². The van der Waals surface area contributed by atoms with Crippen LogP contribution >= 0.6 is 11.3 Å². The van der Waals surface area contributed by atoms with Crippen molar-refractivity contribution >= 4 is 17.2 Å². The van der Waals surface area contributed by atoms with Gasteiger partial charge in [-0.05, 0) is 42.0 Å². The monoisotopic (exact) mass is 476 g/mol. The number of halogens is 1. The van der Waals surface area contributed by atoms with Gasteiger partial charge >= 0.3 is 0 Å². The van der Waals surface area contributed by atoms with E-state index in [9.17, 15) is 9.18 Å². The van der Waals surface area contributed by atoms with E-state index in [0.29, 0.717) is 37.7 Å². The number of thiophene rings is 1. The molecule has 0 unspecified atom stereocenters. The van der Waals surface area contributed by atoms with E-state index in [1.807, 2.05) is 41.3 Å². The van der Waals surface area contributed by atoms with Gasteiger partial charge in [-0.1, -0.05) is 30.3 Å². The molecule has 8 heteroatoms. The number of hydrogen-bond donors (Lipinski definition) is 0. The lowest BCUT2D eigenvalue weighted by Crippen LogP contribution is -2.48. The summed E-state index contributed by atoms with van der Waals surface area (Å²) in [6.45, 7) is 3.92. The highest BCUT2D eigenvalue weighted by Gasteiger charge is 2.22. The highest BCUT2D eigenvalue weighted by molar-refractivity contribution is 7.15.